The van der Waals surface area contributed by atoms with Crippen LogP contribution in [-0.2, 0) is 11.8 Å². The van der Waals surface area contributed by atoms with Crippen LogP contribution in [0.2, 0.25) is 0 Å². The Labute approximate surface area is 205 Å². The van der Waals surface area contributed by atoms with Crippen molar-refractivity contribution < 1.29 is 32.5 Å². The van der Waals surface area contributed by atoms with E-state index in [1.54, 1.807) is 19.1 Å². The number of nitrogens with one attached hydrogen (secondary N) is 1. The van der Waals surface area contributed by atoms with Crippen molar-refractivity contribution in [1.29, 1.82) is 0 Å². The second kappa shape index (κ2) is 8.71. The Bertz CT molecular complexity index is 1250. The lowest BCUT2D eigenvalue weighted by molar-refractivity contribution is -0.136. The summed E-state index contributed by atoms with van der Waals surface area (Å²) in [6.07, 6.45) is -1.86. The summed E-state index contributed by atoms with van der Waals surface area (Å²) in [5.41, 5.74) is -2.21. The van der Waals surface area contributed by atoms with Crippen molar-refractivity contribution in [3.63, 3.8) is 0 Å². The maximum Gasteiger partial charge on any atom is 0.418 e. The van der Waals surface area contributed by atoms with Gasteiger partial charge in [0.1, 0.15) is 18.2 Å². The number of aliphatic hydroxyl groups is 2. The van der Waals surface area contributed by atoms with E-state index in [-0.39, 0.29) is 47.9 Å². The summed E-state index contributed by atoms with van der Waals surface area (Å²) in [6, 6.07) is 7.46. The fourth-order valence-corrected chi connectivity index (χ4v) is 5.69. The first-order valence-corrected chi connectivity index (χ1v) is 12.0. The SMILES string of the molecule is CC1CC(O)(c2ccc(F)cc2)CC(COc2cc(C(F)(F)F)c3c(c2)ncn3C2CC(C)(O)C2)N1. The Hall–Kier alpha value is -2.69. The van der Waals surface area contributed by atoms with Gasteiger partial charge in [-0.15, -0.1) is 0 Å². The number of aromatic nitrogens is 2. The summed E-state index contributed by atoms with van der Waals surface area (Å²) >= 11 is 0. The van der Waals surface area contributed by atoms with Gasteiger partial charge in [-0.25, -0.2) is 9.37 Å². The van der Waals surface area contributed by atoms with Crippen LogP contribution in [0.5, 0.6) is 5.75 Å². The lowest BCUT2D eigenvalue weighted by atomic mass is 9.77. The molecule has 1 saturated heterocycles. The maximum atomic E-state index is 14.0. The molecule has 1 aliphatic heterocycles. The van der Waals surface area contributed by atoms with Crippen molar-refractivity contribution >= 4 is 11.0 Å². The Balaban J connectivity index is 1.37. The molecule has 2 aliphatic rings. The molecule has 10 heteroatoms. The van der Waals surface area contributed by atoms with E-state index in [0.29, 0.717) is 24.8 Å². The molecule has 194 valence electrons. The van der Waals surface area contributed by atoms with Crippen molar-refractivity contribution in [1.82, 2.24) is 14.9 Å². The molecule has 1 aliphatic carbocycles. The van der Waals surface area contributed by atoms with Crippen molar-refractivity contribution in [3.8, 4) is 5.75 Å². The third-order valence-corrected chi connectivity index (χ3v) is 7.27. The molecule has 2 aromatic carbocycles. The van der Waals surface area contributed by atoms with E-state index in [0.717, 1.165) is 6.07 Å². The van der Waals surface area contributed by atoms with Gasteiger partial charge in [0.2, 0.25) is 0 Å². The molecular weight excluding hydrogens is 478 g/mol. The highest BCUT2D eigenvalue weighted by molar-refractivity contribution is 5.82. The Morgan fingerprint density at radius 3 is 2.44 bits per heavy atom. The highest BCUT2D eigenvalue weighted by Crippen LogP contribution is 2.45. The van der Waals surface area contributed by atoms with E-state index in [1.807, 2.05) is 6.92 Å². The molecule has 0 radical (unpaired) electrons. The molecule has 6 nitrogen and oxygen atoms in total. The molecule has 2 fully saturated rings. The largest absolute Gasteiger partial charge is 0.492 e. The van der Waals surface area contributed by atoms with E-state index in [2.05, 4.69) is 10.3 Å². The van der Waals surface area contributed by atoms with E-state index in [4.69, 9.17) is 4.74 Å². The van der Waals surface area contributed by atoms with Crippen molar-refractivity contribution in [2.75, 3.05) is 6.61 Å². The summed E-state index contributed by atoms with van der Waals surface area (Å²) in [6.45, 7) is 3.60. The molecule has 0 spiro atoms. The second-order valence-electron chi connectivity index (χ2n) is 10.6. The normalized spacial score (nSPS) is 30.8. The number of piperidine rings is 1. The van der Waals surface area contributed by atoms with Crippen LogP contribution in [0.3, 0.4) is 0 Å². The Kier molecular flexibility index (Phi) is 6.04. The zero-order valence-corrected chi connectivity index (χ0v) is 20.0. The summed E-state index contributed by atoms with van der Waals surface area (Å²) < 4.78 is 62.8. The van der Waals surface area contributed by atoms with Crippen molar-refractivity contribution in [2.24, 2.45) is 0 Å². The van der Waals surface area contributed by atoms with Crippen LogP contribution in [0.1, 0.15) is 56.7 Å². The number of nitrogens with zero attached hydrogens (tertiary/aromatic N) is 2. The monoisotopic (exact) mass is 507 g/mol. The van der Waals surface area contributed by atoms with Crippen LogP contribution in [0.15, 0.2) is 42.7 Å². The van der Waals surface area contributed by atoms with E-state index < -0.39 is 28.8 Å². The molecule has 3 N–H and O–H groups in total. The predicted octanol–water partition coefficient (Wildman–Crippen LogP) is 4.69. The van der Waals surface area contributed by atoms with Crippen molar-refractivity contribution in [3.05, 3.63) is 59.7 Å². The van der Waals surface area contributed by atoms with Gasteiger partial charge in [-0.3, -0.25) is 0 Å². The zero-order valence-electron chi connectivity index (χ0n) is 20.0. The minimum absolute atomic E-state index is 0.0227. The molecule has 2 heterocycles. The fourth-order valence-electron chi connectivity index (χ4n) is 5.69. The van der Waals surface area contributed by atoms with Crippen LogP contribution in [0.25, 0.3) is 11.0 Å². The molecule has 3 unspecified atom stereocenters. The smallest absolute Gasteiger partial charge is 0.418 e. The number of alkyl halides is 3. The molecule has 1 saturated carbocycles. The van der Waals surface area contributed by atoms with Gasteiger partial charge in [0.15, 0.2) is 0 Å². The average Bonchev–Trinajstić information content (AvgIpc) is 3.18. The Morgan fingerprint density at radius 2 is 1.81 bits per heavy atom. The van der Waals surface area contributed by atoms with Gasteiger partial charge < -0.3 is 24.8 Å². The zero-order chi connectivity index (χ0) is 25.9. The number of ether oxygens (including phenoxy) is 1. The first kappa shape index (κ1) is 25.0. The first-order chi connectivity index (χ1) is 16.8. The summed E-state index contributed by atoms with van der Waals surface area (Å²) in [5.74, 6) is -0.365. The highest BCUT2D eigenvalue weighted by atomic mass is 19.4. The molecule has 5 rings (SSSR count). The maximum absolute atomic E-state index is 14.0. The van der Waals surface area contributed by atoms with E-state index in [1.165, 1.54) is 29.1 Å². The molecule has 3 aromatic rings. The molecule has 1 aromatic heterocycles. The standard InChI is InChI=1S/C26H29F4N3O3/c1-15-9-25(35,16-3-5-17(27)6-4-16)10-18(32-15)13-36-20-7-21(26(28,29)30)23-22(8-20)31-14-33(23)19-11-24(2,34)12-19/h3-8,14-15,18-19,32,34-35H,9-13H2,1-2H3. The van der Waals surface area contributed by atoms with Gasteiger partial charge in [0, 0.05) is 24.2 Å². The molecule has 0 bridgehead atoms. The van der Waals surface area contributed by atoms with Gasteiger partial charge in [-0.05, 0) is 63.3 Å². The molecule has 0 amide bonds. The number of imidazole rings is 1. The predicted molar refractivity (Wildman–Crippen MR) is 125 cm³/mol. The number of rotatable bonds is 5. The van der Waals surface area contributed by atoms with Crippen molar-refractivity contribution in [2.45, 2.75) is 75.0 Å². The topological polar surface area (TPSA) is 79.5 Å². The molecular formula is C26H29F4N3O3. The number of hydrogen-bond acceptors (Lipinski definition) is 5. The van der Waals surface area contributed by atoms with Gasteiger partial charge in [0.05, 0.1) is 34.1 Å². The van der Waals surface area contributed by atoms with Crippen LogP contribution in [0, 0.1) is 5.82 Å². The number of benzene rings is 2. The van der Waals surface area contributed by atoms with Gasteiger partial charge >= 0.3 is 6.18 Å². The van der Waals surface area contributed by atoms with E-state index in [9.17, 15) is 27.8 Å². The summed E-state index contributed by atoms with van der Waals surface area (Å²) in [4.78, 5) is 4.20. The van der Waals surface area contributed by atoms with Gasteiger partial charge in [-0.1, -0.05) is 12.1 Å². The van der Waals surface area contributed by atoms with Crippen LogP contribution in [0.4, 0.5) is 17.6 Å². The Morgan fingerprint density at radius 1 is 1.11 bits per heavy atom. The van der Waals surface area contributed by atoms with E-state index >= 15 is 0 Å². The third-order valence-electron chi connectivity index (χ3n) is 7.27. The van der Waals surface area contributed by atoms with Gasteiger partial charge in [-0.2, -0.15) is 13.2 Å². The highest BCUT2D eigenvalue weighted by Gasteiger charge is 2.43. The molecule has 3 atom stereocenters. The molecule has 36 heavy (non-hydrogen) atoms. The third kappa shape index (κ3) is 4.81. The lowest BCUT2D eigenvalue weighted by Crippen LogP contribution is -2.53. The minimum atomic E-state index is -4.62. The van der Waals surface area contributed by atoms with Crippen LogP contribution in [-0.4, -0.2) is 44.1 Å². The fraction of sp³-hybridized carbons (Fsp3) is 0.500. The lowest BCUT2D eigenvalue weighted by Gasteiger charge is -2.42. The minimum Gasteiger partial charge on any atom is -0.492 e. The quantitative estimate of drug-likeness (QED) is 0.437. The van der Waals surface area contributed by atoms with Gasteiger partial charge in [0.25, 0.3) is 0 Å². The van der Waals surface area contributed by atoms with Crippen LogP contribution < -0.4 is 10.1 Å². The number of halogens is 4. The summed E-state index contributed by atoms with van der Waals surface area (Å²) in [5, 5.41) is 24.7. The summed E-state index contributed by atoms with van der Waals surface area (Å²) in [7, 11) is 0. The second-order valence-corrected chi connectivity index (χ2v) is 10.6. The number of fused-ring (bicyclic) bond motifs is 1. The first-order valence-electron chi connectivity index (χ1n) is 12.0. The number of hydrogen-bond donors (Lipinski definition) is 3. The average molecular weight is 508 g/mol. The van der Waals surface area contributed by atoms with Crippen LogP contribution >= 0.6 is 0 Å².